The summed E-state index contributed by atoms with van der Waals surface area (Å²) < 4.78 is 0. The molecule has 0 aromatic heterocycles. The Morgan fingerprint density at radius 2 is 2.06 bits per heavy atom. The van der Waals surface area contributed by atoms with Crippen LogP contribution in [-0.4, -0.2) is 12.6 Å². The van der Waals surface area contributed by atoms with Gasteiger partial charge in [-0.1, -0.05) is 31.0 Å². The Bertz CT molecular complexity index is 423. The number of halogens is 1. The van der Waals surface area contributed by atoms with Crippen LogP contribution in [0.5, 0.6) is 0 Å². The van der Waals surface area contributed by atoms with Crippen LogP contribution >= 0.6 is 11.6 Å². The molecule has 0 spiro atoms. The van der Waals surface area contributed by atoms with Crippen molar-refractivity contribution < 1.29 is 0 Å². The molecule has 1 fully saturated rings. The van der Waals surface area contributed by atoms with E-state index in [0.717, 1.165) is 11.4 Å². The molecule has 3 rings (SSSR count). The van der Waals surface area contributed by atoms with E-state index in [9.17, 15) is 0 Å². The number of rotatable bonds is 3. The van der Waals surface area contributed by atoms with Crippen molar-refractivity contribution in [2.75, 3.05) is 6.54 Å². The van der Waals surface area contributed by atoms with Crippen LogP contribution in [0.2, 0.25) is 5.02 Å². The zero-order valence-electron chi connectivity index (χ0n) is 10.4. The van der Waals surface area contributed by atoms with Gasteiger partial charge in [-0.05, 0) is 54.4 Å². The Morgan fingerprint density at radius 3 is 2.76 bits per heavy atom. The standard InChI is InChI=1S/C15H20ClN/c1-15(5-2-6-15)10-17-14-8-11-3-4-13(16)7-12(11)9-14/h3-4,7,14,17H,2,5-6,8-10H2,1H3. The van der Waals surface area contributed by atoms with Gasteiger partial charge in [0, 0.05) is 17.6 Å². The molecule has 1 nitrogen and oxygen atoms in total. The van der Waals surface area contributed by atoms with Crippen LogP contribution < -0.4 is 5.32 Å². The molecule has 1 atom stereocenters. The number of hydrogen-bond donors (Lipinski definition) is 1. The fraction of sp³-hybridized carbons (Fsp3) is 0.600. The lowest BCUT2D eigenvalue weighted by Gasteiger charge is -2.39. The third-order valence-corrected chi connectivity index (χ3v) is 4.71. The minimum Gasteiger partial charge on any atom is -0.313 e. The highest BCUT2D eigenvalue weighted by molar-refractivity contribution is 6.30. The van der Waals surface area contributed by atoms with Gasteiger partial charge in [-0.2, -0.15) is 0 Å². The van der Waals surface area contributed by atoms with Gasteiger partial charge in [0.2, 0.25) is 0 Å². The summed E-state index contributed by atoms with van der Waals surface area (Å²) in [5.41, 5.74) is 3.49. The highest BCUT2D eigenvalue weighted by Crippen LogP contribution is 2.39. The molecular formula is C15H20ClN. The second kappa shape index (κ2) is 4.29. The zero-order valence-corrected chi connectivity index (χ0v) is 11.2. The van der Waals surface area contributed by atoms with Gasteiger partial charge in [-0.15, -0.1) is 0 Å². The van der Waals surface area contributed by atoms with Gasteiger partial charge in [0.05, 0.1) is 0 Å². The quantitative estimate of drug-likeness (QED) is 0.863. The lowest BCUT2D eigenvalue weighted by molar-refractivity contribution is 0.151. The summed E-state index contributed by atoms with van der Waals surface area (Å²) in [7, 11) is 0. The van der Waals surface area contributed by atoms with Crippen molar-refractivity contribution in [3.8, 4) is 0 Å². The van der Waals surface area contributed by atoms with Crippen molar-refractivity contribution in [1.82, 2.24) is 5.32 Å². The molecule has 0 heterocycles. The maximum Gasteiger partial charge on any atom is 0.0408 e. The topological polar surface area (TPSA) is 12.0 Å². The van der Waals surface area contributed by atoms with Gasteiger partial charge in [-0.25, -0.2) is 0 Å². The monoisotopic (exact) mass is 249 g/mol. The Labute approximate surface area is 109 Å². The third-order valence-electron chi connectivity index (χ3n) is 4.48. The van der Waals surface area contributed by atoms with Crippen LogP contribution in [0.3, 0.4) is 0 Å². The second-order valence-electron chi connectivity index (χ2n) is 6.06. The molecule has 2 aliphatic rings. The van der Waals surface area contributed by atoms with Crippen LogP contribution in [0, 0.1) is 5.41 Å². The zero-order chi connectivity index (χ0) is 11.9. The Kier molecular flexibility index (Phi) is 2.92. The Balaban J connectivity index is 1.58. The molecular weight excluding hydrogens is 230 g/mol. The minimum atomic E-state index is 0.576. The van der Waals surface area contributed by atoms with E-state index >= 15 is 0 Å². The van der Waals surface area contributed by atoms with Gasteiger partial charge in [-0.3, -0.25) is 0 Å². The van der Waals surface area contributed by atoms with Crippen molar-refractivity contribution >= 4 is 11.6 Å². The Morgan fingerprint density at radius 1 is 1.29 bits per heavy atom. The molecule has 17 heavy (non-hydrogen) atoms. The number of hydrogen-bond acceptors (Lipinski definition) is 1. The minimum absolute atomic E-state index is 0.576. The van der Waals surface area contributed by atoms with E-state index in [-0.39, 0.29) is 0 Å². The summed E-state index contributed by atoms with van der Waals surface area (Å²) in [6, 6.07) is 6.95. The van der Waals surface area contributed by atoms with Crippen molar-refractivity contribution in [3.05, 3.63) is 34.3 Å². The predicted molar refractivity (Wildman–Crippen MR) is 72.6 cm³/mol. The first kappa shape index (κ1) is 11.6. The van der Waals surface area contributed by atoms with E-state index in [2.05, 4.69) is 24.4 Å². The number of fused-ring (bicyclic) bond motifs is 1. The van der Waals surface area contributed by atoms with E-state index < -0.39 is 0 Å². The van der Waals surface area contributed by atoms with E-state index in [4.69, 9.17) is 11.6 Å². The molecule has 92 valence electrons. The fourth-order valence-electron chi connectivity index (χ4n) is 3.08. The first-order valence-corrected chi connectivity index (χ1v) is 7.03. The van der Waals surface area contributed by atoms with E-state index in [0.29, 0.717) is 11.5 Å². The molecule has 0 bridgehead atoms. The van der Waals surface area contributed by atoms with Gasteiger partial charge in [0.25, 0.3) is 0 Å². The number of benzene rings is 1. The summed E-state index contributed by atoms with van der Waals surface area (Å²) in [6.45, 7) is 3.59. The molecule has 0 amide bonds. The van der Waals surface area contributed by atoms with Crippen LogP contribution in [0.25, 0.3) is 0 Å². The molecule has 1 aromatic rings. The van der Waals surface area contributed by atoms with Gasteiger partial charge in [0.1, 0.15) is 0 Å². The normalized spacial score (nSPS) is 25.4. The van der Waals surface area contributed by atoms with Crippen molar-refractivity contribution in [2.45, 2.75) is 45.1 Å². The van der Waals surface area contributed by atoms with Gasteiger partial charge < -0.3 is 5.32 Å². The molecule has 0 aliphatic heterocycles. The van der Waals surface area contributed by atoms with E-state index in [1.165, 1.54) is 43.4 Å². The first-order chi connectivity index (χ1) is 8.15. The summed E-state index contributed by atoms with van der Waals surface area (Å²) in [5.74, 6) is 0. The van der Waals surface area contributed by atoms with Crippen LogP contribution in [0.1, 0.15) is 37.3 Å². The lowest BCUT2D eigenvalue weighted by Crippen LogP contribution is -2.42. The molecule has 2 aliphatic carbocycles. The summed E-state index contributed by atoms with van der Waals surface area (Å²) in [6.07, 6.45) is 6.52. The SMILES string of the molecule is CC1(CNC2Cc3ccc(Cl)cc3C2)CCC1. The summed E-state index contributed by atoms with van der Waals surface area (Å²) in [5, 5.41) is 4.62. The summed E-state index contributed by atoms with van der Waals surface area (Å²) >= 11 is 6.03. The smallest absolute Gasteiger partial charge is 0.0408 e. The third kappa shape index (κ3) is 2.36. The highest BCUT2D eigenvalue weighted by atomic mass is 35.5. The predicted octanol–water partition coefficient (Wildman–Crippen LogP) is 3.59. The largest absolute Gasteiger partial charge is 0.313 e. The van der Waals surface area contributed by atoms with Crippen molar-refractivity contribution in [2.24, 2.45) is 5.41 Å². The average molecular weight is 250 g/mol. The fourth-order valence-corrected chi connectivity index (χ4v) is 3.27. The molecule has 1 saturated carbocycles. The van der Waals surface area contributed by atoms with Crippen LogP contribution in [0.15, 0.2) is 18.2 Å². The maximum absolute atomic E-state index is 6.03. The van der Waals surface area contributed by atoms with Crippen molar-refractivity contribution in [3.63, 3.8) is 0 Å². The maximum atomic E-state index is 6.03. The Hall–Kier alpha value is -0.530. The molecule has 0 radical (unpaired) electrons. The summed E-state index contributed by atoms with van der Waals surface area (Å²) in [4.78, 5) is 0. The first-order valence-electron chi connectivity index (χ1n) is 6.65. The molecule has 1 N–H and O–H groups in total. The van der Waals surface area contributed by atoms with Crippen LogP contribution in [-0.2, 0) is 12.8 Å². The lowest BCUT2D eigenvalue weighted by atomic mass is 9.70. The van der Waals surface area contributed by atoms with Crippen LogP contribution in [0.4, 0.5) is 0 Å². The molecule has 0 saturated heterocycles. The van der Waals surface area contributed by atoms with E-state index in [1.54, 1.807) is 0 Å². The van der Waals surface area contributed by atoms with Gasteiger partial charge >= 0.3 is 0 Å². The van der Waals surface area contributed by atoms with Crippen molar-refractivity contribution in [1.29, 1.82) is 0 Å². The molecule has 1 unspecified atom stereocenters. The van der Waals surface area contributed by atoms with Gasteiger partial charge in [0.15, 0.2) is 0 Å². The second-order valence-corrected chi connectivity index (χ2v) is 6.50. The number of nitrogens with one attached hydrogen (secondary N) is 1. The average Bonchev–Trinajstić information content (AvgIpc) is 2.65. The molecule has 2 heteroatoms. The highest BCUT2D eigenvalue weighted by Gasteiger charge is 2.32. The molecule has 1 aromatic carbocycles. The van der Waals surface area contributed by atoms with E-state index in [1.807, 2.05) is 6.07 Å².